The molecule has 3 rings (SSSR count). The molecule has 0 atom stereocenters. The fourth-order valence-electron chi connectivity index (χ4n) is 1.46. The second-order valence-electron chi connectivity index (χ2n) is 3.66. The van der Waals surface area contributed by atoms with Crippen molar-refractivity contribution in [2.24, 2.45) is 0 Å². The number of hydrogen-bond acceptors (Lipinski definition) is 3. The molecular formula is C10H11N3O. The van der Waals surface area contributed by atoms with Crippen LogP contribution in [0.15, 0.2) is 18.3 Å². The Labute approximate surface area is 81.1 Å². The quantitative estimate of drug-likeness (QED) is 0.706. The number of nitrogen functional groups attached to an aromatic ring is 1. The zero-order valence-electron chi connectivity index (χ0n) is 7.66. The number of nitrogens with one attached hydrogen (secondary N) is 1. The Hall–Kier alpha value is -1.71. The lowest BCUT2D eigenvalue weighted by molar-refractivity contribution is 0.305. The number of aromatic amines is 1. The number of H-pyrrole nitrogens is 1. The largest absolute Gasteiger partial charge is 0.488 e. The fraction of sp³-hybridized carbons (Fsp3) is 0.300. The van der Waals surface area contributed by atoms with Crippen LogP contribution >= 0.6 is 0 Å². The lowest BCUT2D eigenvalue weighted by Crippen LogP contribution is -1.99. The van der Waals surface area contributed by atoms with Crippen molar-refractivity contribution in [1.82, 2.24) is 10.2 Å². The maximum Gasteiger partial charge on any atom is 0.144 e. The molecule has 4 nitrogen and oxygen atoms in total. The third-order valence-electron chi connectivity index (χ3n) is 2.39. The van der Waals surface area contributed by atoms with Gasteiger partial charge in [-0.2, -0.15) is 5.10 Å². The fourth-order valence-corrected chi connectivity index (χ4v) is 1.46. The van der Waals surface area contributed by atoms with E-state index in [0.29, 0.717) is 11.8 Å². The van der Waals surface area contributed by atoms with Gasteiger partial charge in [0, 0.05) is 11.5 Å². The van der Waals surface area contributed by atoms with Crippen LogP contribution in [0.1, 0.15) is 12.8 Å². The lowest BCUT2D eigenvalue weighted by Gasteiger charge is -2.07. The molecule has 1 saturated carbocycles. The average Bonchev–Trinajstić information content (AvgIpc) is 2.85. The number of hydrogen-bond donors (Lipinski definition) is 2. The van der Waals surface area contributed by atoms with E-state index in [2.05, 4.69) is 10.2 Å². The Morgan fingerprint density at radius 1 is 1.43 bits per heavy atom. The third kappa shape index (κ3) is 1.19. The minimum absolute atomic E-state index is 0.373. The monoisotopic (exact) mass is 189 g/mol. The molecule has 3 N–H and O–H groups in total. The Morgan fingerprint density at radius 2 is 2.29 bits per heavy atom. The van der Waals surface area contributed by atoms with E-state index in [1.165, 1.54) is 0 Å². The molecule has 0 spiro atoms. The number of rotatable bonds is 2. The van der Waals surface area contributed by atoms with Crippen molar-refractivity contribution in [2.45, 2.75) is 18.9 Å². The highest BCUT2D eigenvalue weighted by Gasteiger charge is 2.24. The van der Waals surface area contributed by atoms with Gasteiger partial charge in [-0.1, -0.05) is 0 Å². The number of nitrogens with two attached hydrogens (primary N) is 1. The average molecular weight is 189 g/mol. The van der Waals surface area contributed by atoms with E-state index >= 15 is 0 Å². The molecule has 1 fully saturated rings. The van der Waals surface area contributed by atoms with E-state index in [9.17, 15) is 0 Å². The van der Waals surface area contributed by atoms with E-state index in [1.807, 2.05) is 12.1 Å². The van der Waals surface area contributed by atoms with Crippen molar-refractivity contribution >= 4 is 16.6 Å². The zero-order chi connectivity index (χ0) is 9.54. The maximum absolute atomic E-state index is 5.86. The molecule has 2 aromatic rings. The van der Waals surface area contributed by atoms with Crippen LogP contribution in [0.2, 0.25) is 0 Å². The van der Waals surface area contributed by atoms with Crippen LogP contribution in [0.3, 0.4) is 0 Å². The highest BCUT2D eigenvalue weighted by atomic mass is 16.5. The zero-order valence-corrected chi connectivity index (χ0v) is 7.66. The van der Waals surface area contributed by atoms with Crippen molar-refractivity contribution in [1.29, 1.82) is 0 Å². The topological polar surface area (TPSA) is 63.9 Å². The van der Waals surface area contributed by atoms with Gasteiger partial charge in [0.25, 0.3) is 0 Å². The van der Waals surface area contributed by atoms with Gasteiger partial charge >= 0.3 is 0 Å². The molecule has 0 unspecified atom stereocenters. The first-order chi connectivity index (χ1) is 6.83. The summed E-state index contributed by atoms with van der Waals surface area (Å²) < 4.78 is 5.66. The number of nitrogens with zero attached hydrogens (tertiary/aromatic N) is 1. The van der Waals surface area contributed by atoms with Crippen LogP contribution in [-0.2, 0) is 0 Å². The standard InChI is InChI=1S/C10H11N3O/c11-8-3-6-5-12-13-9(6)4-10(8)14-7-1-2-7/h3-5,7H,1-2,11H2,(H,12,13). The molecule has 0 aliphatic heterocycles. The van der Waals surface area contributed by atoms with Crippen molar-refractivity contribution in [2.75, 3.05) is 5.73 Å². The van der Waals surface area contributed by atoms with Crippen LogP contribution in [0.4, 0.5) is 5.69 Å². The second-order valence-corrected chi connectivity index (χ2v) is 3.66. The Kier molecular flexibility index (Phi) is 1.45. The van der Waals surface area contributed by atoms with Crippen LogP contribution in [-0.4, -0.2) is 16.3 Å². The minimum atomic E-state index is 0.373. The summed E-state index contributed by atoms with van der Waals surface area (Å²) in [6.45, 7) is 0. The van der Waals surface area contributed by atoms with Gasteiger partial charge in [0.15, 0.2) is 0 Å². The molecule has 1 aromatic carbocycles. The molecule has 0 bridgehead atoms. The van der Waals surface area contributed by atoms with Crippen molar-refractivity contribution < 1.29 is 4.74 Å². The van der Waals surface area contributed by atoms with Gasteiger partial charge in [-0.25, -0.2) is 0 Å². The Bertz CT molecular complexity index is 473. The number of fused-ring (bicyclic) bond motifs is 1. The van der Waals surface area contributed by atoms with Crippen LogP contribution < -0.4 is 10.5 Å². The molecule has 0 radical (unpaired) electrons. The third-order valence-corrected chi connectivity index (χ3v) is 2.39. The second kappa shape index (κ2) is 2.64. The molecule has 72 valence electrons. The van der Waals surface area contributed by atoms with Gasteiger partial charge in [-0.05, 0) is 18.9 Å². The molecule has 4 heteroatoms. The number of ether oxygens (including phenoxy) is 1. The van der Waals surface area contributed by atoms with Crippen LogP contribution in [0, 0.1) is 0 Å². The highest BCUT2D eigenvalue weighted by molar-refractivity contribution is 5.84. The summed E-state index contributed by atoms with van der Waals surface area (Å²) >= 11 is 0. The summed E-state index contributed by atoms with van der Waals surface area (Å²) in [5.41, 5.74) is 7.51. The van der Waals surface area contributed by atoms with Crippen LogP contribution in [0.5, 0.6) is 5.75 Å². The molecule has 14 heavy (non-hydrogen) atoms. The summed E-state index contributed by atoms with van der Waals surface area (Å²) in [7, 11) is 0. The molecule has 0 amide bonds. The maximum atomic E-state index is 5.86. The number of benzene rings is 1. The Balaban J connectivity index is 2.07. The molecule has 1 heterocycles. The van der Waals surface area contributed by atoms with Crippen LogP contribution in [0.25, 0.3) is 10.9 Å². The first-order valence-corrected chi connectivity index (χ1v) is 4.72. The summed E-state index contributed by atoms with van der Waals surface area (Å²) in [4.78, 5) is 0. The normalized spacial score (nSPS) is 16.0. The first kappa shape index (κ1) is 7.67. The van der Waals surface area contributed by atoms with Gasteiger partial charge in [0.1, 0.15) is 5.75 Å². The van der Waals surface area contributed by atoms with E-state index in [4.69, 9.17) is 10.5 Å². The summed E-state index contributed by atoms with van der Waals surface area (Å²) in [5, 5.41) is 7.86. The lowest BCUT2D eigenvalue weighted by atomic mass is 10.2. The first-order valence-electron chi connectivity index (χ1n) is 4.72. The molecule has 1 aliphatic rings. The molecular weight excluding hydrogens is 178 g/mol. The molecule has 1 aromatic heterocycles. The van der Waals surface area contributed by atoms with Gasteiger partial charge < -0.3 is 10.5 Å². The minimum Gasteiger partial charge on any atom is -0.488 e. The molecule has 0 saturated heterocycles. The SMILES string of the molecule is Nc1cc2cn[nH]c2cc1OC1CC1. The van der Waals surface area contributed by atoms with Gasteiger partial charge in [0.05, 0.1) is 23.5 Å². The molecule has 1 aliphatic carbocycles. The Morgan fingerprint density at radius 3 is 3.07 bits per heavy atom. The predicted molar refractivity (Wildman–Crippen MR) is 54.2 cm³/mol. The van der Waals surface area contributed by atoms with Crippen molar-refractivity contribution in [3.8, 4) is 5.75 Å². The van der Waals surface area contributed by atoms with Gasteiger partial charge in [-0.3, -0.25) is 5.10 Å². The van der Waals surface area contributed by atoms with E-state index in [1.54, 1.807) is 6.20 Å². The van der Waals surface area contributed by atoms with E-state index < -0.39 is 0 Å². The van der Waals surface area contributed by atoms with Crippen molar-refractivity contribution in [3.63, 3.8) is 0 Å². The van der Waals surface area contributed by atoms with Gasteiger partial charge in [-0.15, -0.1) is 0 Å². The van der Waals surface area contributed by atoms with Gasteiger partial charge in [0.2, 0.25) is 0 Å². The smallest absolute Gasteiger partial charge is 0.144 e. The number of aromatic nitrogens is 2. The van der Waals surface area contributed by atoms with E-state index in [0.717, 1.165) is 29.5 Å². The number of anilines is 1. The van der Waals surface area contributed by atoms with E-state index in [-0.39, 0.29) is 0 Å². The summed E-state index contributed by atoms with van der Waals surface area (Å²) in [5.74, 6) is 0.768. The predicted octanol–water partition coefficient (Wildman–Crippen LogP) is 1.69. The van der Waals surface area contributed by atoms with Crippen molar-refractivity contribution in [3.05, 3.63) is 18.3 Å². The summed E-state index contributed by atoms with van der Waals surface area (Å²) in [6.07, 6.45) is 4.41. The highest BCUT2D eigenvalue weighted by Crippen LogP contribution is 2.32. The summed E-state index contributed by atoms with van der Waals surface area (Å²) in [6, 6.07) is 3.80.